The fourth-order valence-electron chi connectivity index (χ4n) is 2.64. The monoisotopic (exact) mass is 358 g/mol. The fourth-order valence-corrected chi connectivity index (χ4v) is 2.82. The molecular formula is C22H15ClN2O. The molecule has 0 radical (unpaired) electrons. The van der Waals surface area contributed by atoms with Crippen molar-refractivity contribution >= 4 is 11.6 Å². The Labute approximate surface area is 156 Å². The van der Waals surface area contributed by atoms with Gasteiger partial charge < -0.3 is 4.74 Å². The lowest BCUT2D eigenvalue weighted by molar-refractivity contribution is 0.483. The smallest absolute Gasteiger partial charge is 0.223 e. The van der Waals surface area contributed by atoms with Crippen LogP contribution in [0.25, 0.3) is 22.5 Å². The van der Waals surface area contributed by atoms with Gasteiger partial charge in [-0.25, -0.2) is 9.97 Å². The summed E-state index contributed by atoms with van der Waals surface area (Å²) in [5.41, 5.74) is 3.52. The molecule has 0 aliphatic heterocycles. The molecule has 0 spiro atoms. The summed E-state index contributed by atoms with van der Waals surface area (Å²) in [5.74, 6) is 1.57. The van der Waals surface area contributed by atoms with Crippen LogP contribution in [0, 0.1) is 0 Å². The van der Waals surface area contributed by atoms with Crippen LogP contribution in [0.15, 0.2) is 91.0 Å². The van der Waals surface area contributed by atoms with Crippen molar-refractivity contribution in [2.24, 2.45) is 0 Å². The first-order chi connectivity index (χ1) is 12.8. The van der Waals surface area contributed by atoms with E-state index in [1.807, 2.05) is 91.0 Å². The standard InChI is InChI=1S/C22H15ClN2O/c23-22-24-20(16-7-3-1-4-8-16)15-21(25-22)17-11-13-19(14-12-17)26-18-9-5-2-6-10-18/h1-15H. The third kappa shape index (κ3) is 3.73. The van der Waals surface area contributed by atoms with Gasteiger partial charge in [-0.1, -0.05) is 48.5 Å². The lowest BCUT2D eigenvalue weighted by atomic mass is 10.1. The normalized spacial score (nSPS) is 10.5. The van der Waals surface area contributed by atoms with Crippen molar-refractivity contribution in [2.45, 2.75) is 0 Å². The highest BCUT2D eigenvalue weighted by molar-refractivity contribution is 6.28. The fraction of sp³-hybridized carbons (Fsp3) is 0. The van der Waals surface area contributed by atoms with E-state index in [9.17, 15) is 0 Å². The summed E-state index contributed by atoms with van der Waals surface area (Å²) in [4.78, 5) is 8.69. The number of hydrogen-bond acceptors (Lipinski definition) is 3. The van der Waals surface area contributed by atoms with Crippen molar-refractivity contribution < 1.29 is 4.74 Å². The van der Waals surface area contributed by atoms with E-state index in [4.69, 9.17) is 16.3 Å². The van der Waals surface area contributed by atoms with Crippen LogP contribution in [-0.4, -0.2) is 9.97 Å². The topological polar surface area (TPSA) is 35.0 Å². The third-order valence-corrected chi connectivity index (χ3v) is 4.07. The van der Waals surface area contributed by atoms with E-state index >= 15 is 0 Å². The molecule has 0 bridgehead atoms. The van der Waals surface area contributed by atoms with Gasteiger partial charge in [0, 0.05) is 11.1 Å². The van der Waals surface area contributed by atoms with Gasteiger partial charge in [0.05, 0.1) is 11.4 Å². The molecule has 0 saturated carbocycles. The molecule has 1 aromatic heterocycles. The second kappa shape index (κ2) is 7.38. The summed E-state index contributed by atoms with van der Waals surface area (Å²) in [6.07, 6.45) is 0. The maximum atomic E-state index is 6.14. The summed E-state index contributed by atoms with van der Waals surface area (Å²) >= 11 is 6.14. The van der Waals surface area contributed by atoms with E-state index in [0.29, 0.717) is 0 Å². The quantitative estimate of drug-likeness (QED) is 0.404. The molecule has 0 amide bonds. The summed E-state index contributed by atoms with van der Waals surface area (Å²) in [7, 11) is 0. The van der Waals surface area contributed by atoms with Crippen LogP contribution in [0.4, 0.5) is 0 Å². The molecule has 4 aromatic rings. The minimum absolute atomic E-state index is 0.228. The molecule has 4 rings (SSSR count). The number of aromatic nitrogens is 2. The Balaban J connectivity index is 1.62. The predicted molar refractivity (Wildman–Crippen MR) is 104 cm³/mol. The Bertz CT molecular complexity index is 1000. The van der Waals surface area contributed by atoms with Gasteiger partial charge in [-0.15, -0.1) is 0 Å². The van der Waals surface area contributed by atoms with E-state index in [1.54, 1.807) is 0 Å². The largest absolute Gasteiger partial charge is 0.457 e. The molecule has 0 fully saturated rings. The molecule has 0 aliphatic carbocycles. The van der Waals surface area contributed by atoms with E-state index in [2.05, 4.69) is 9.97 Å². The van der Waals surface area contributed by atoms with Gasteiger partial charge in [-0.05, 0) is 54.1 Å². The zero-order valence-electron chi connectivity index (χ0n) is 13.8. The van der Waals surface area contributed by atoms with Crippen LogP contribution in [-0.2, 0) is 0 Å². The number of nitrogens with zero attached hydrogens (tertiary/aromatic N) is 2. The van der Waals surface area contributed by atoms with Crippen LogP contribution >= 0.6 is 11.6 Å². The van der Waals surface area contributed by atoms with Crippen molar-refractivity contribution in [3.8, 4) is 34.0 Å². The minimum atomic E-state index is 0.228. The number of benzene rings is 3. The molecule has 1 heterocycles. The van der Waals surface area contributed by atoms with E-state index in [0.717, 1.165) is 34.0 Å². The van der Waals surface area contributed by atoms with Crippen molar-refractivity contribution in [2.75, 3.05) is 0 Å². The first kappa shape index (κ1) is 16.3. The van der Waals surface area contributed by atoms with Crippen LogP contribution in [0.5, 0.6) is 11.5 Å². The van der Waals surface area contributed by atoms with Gasteiger partial charge in [0.1, 0.15) is 11.5 Å². The molecule has 0 aliphatic rings. The predicted octanol–water partition coefficient (Wildman–Crippen LogP) is 6.26. The second-order valence-corrected chi connectivity index (χ2v) is 6.05. The zero-order chi connectivity index (χ0) is 17.8. The summed E-state index contributed by atoms with van der Waals surface area (Å²) in [5, 5.41) is 0.228. The molecule has 0 atom stereocenters. The maximum absolute atomic E-state index is 6.14. The Morgan fingerprint density at radius 2 is 1.08 bits per heavy atom. The van der Waals surface area contributed by atoms with E-state index in [-0.39, 0.29) is 5.28 Å². The molecule has 3 nitrogen and oxygen atoms in total. The number of hydrogen-bond donors (Lipinski definition) is 0. The highest BCUT2D eigenvalue weighted by atomic mass is 35.5. The summed E-state index contributed by atoms with van der Waals surface area (Å²) < 4.78 is 5.83. The highest BCUT2D eigenvalue weighted by Crippen LogP contribution is 2.28. The Kier molecular flexibility index (Phi) is 4.63. The van der Waals surface area contributed by atoms with Crippen LogP contribution < -0.4 is 4.74 Å². The zero-order valence-corrected chi connectivity index (χ0v) is 14.6. The third-order valence-electron chi connectivity index (χ3n) is 3.90. The van der Waals surface area contributed by atoms with Gasteiger partial charge in [-0.3, -0.25) is 0 Å². The average Bonchev–Trinajstić information content (AvgIpc) is 2.70. The first-order valence-corrected chi connectivity index (χ1v) is 8.59. The Morgan fingerprint density at radius 3 is 1.69 bits per heavy atom. The Hall–Kier alpha value is -3.17. The van der Waals surface area contributed by atoms with Gasteiger partial charge >= 0.3 is 0 Å². The molecule has 126 valence electrons. The summed E-state index contributed by atoms with van der Waals surface area (Å²) in [6.45, 7) is 0. The molecule has 0 N–H and O–H groups in total. The molecule has 3 aromatic carbocycles. The Morgan fingerprint density at radius 1 is 0.577 bits per heavy atom. The van der Waals surface area contributed by atoms with Crippen molar-refractivity contribution in [1.29, 1.82) is 0 Å². The molecular weight excluding hydrogens is 344 g/mol. The van der Waals surface area contributed by atoms with Gasteiger partial charge in [-0.2, -0.15) is 0 Å². The second-order valence-electron chi connectivity index (χ2n) is 5.71. The van der Waals surface area contributed by atoms with E-state index < -0.39 is 0 Å². The van der Waals surface area contributed by atoms with Gasteiger partial charge in [0.25, 0.3) is 0 Å². The molecule has 4 heteroatoms. The van der Waals surface area contributed by atoms with Crippen molar-refractivity contribution in [3.63, 3.8) is 0 Å². The van der Waals surface area contributed by atoms with Gasteiger partial charge in [0.2, 0.25) is 5.28 Å². The van der Waals surface area contributed by atoms with Crippen molar-refractivity contribution in [3.05, 3.63) is 96.3 Å². The SMILES string of the molecule is Clc1nc(-c2ccccc2)cc(-c2ccc(Oc3ccccc3)cc2)n1. The highest BCUT2D eigenvalue weighted by Gasteiger charge is 2.08. The molecule has 0 saturated heterocycles. The number of halogens is 1. The first-order valence-electron chi connectivity index (χ1n) is 8.21. The van der Waals surface area contributed by atoms with E-state index in [1.165, 1.54) is 0 Å². The molecule has 26 heavy (non-hydrogen) atoms. The van der Waals surface area contributed by atoms with Gasteiger partial charge in [0.15, 0.2) is 0 Å². The number of ether oxygens (including phenoxy) is 1. The molecule has 0 unspecified atom stereocenters. The lowest BCUT2D eigenvalue weighted by Crippen LogP contribution is -1.92. The van der Waals surface area contributed by atoms with Crippen LogP contribution in [0.1, 0.15) is 0 Å². The number of para-hydroxylation sites is 1. The maximum Gasteiger partial charge on any atom is 0.223 e. The lowest BCUT2D eigenvalue weighted by Gasteiger charge is -2.08. The minimum Gasteiger partial charge on any atom is -0.457 e. The van der Waals surface area contributed by atoms with Crippen LogP contribution in [0.3, 0.4) is 0 Å². The van der Waals surface area contributed by atoms with Crippen molar-refractivity contribution in [1.82, 2.24) is 9.97 Å². The number of rotatable bonds is 4. The van der Waals surface area contributed by atoms with Crippen LogP contribution in [0.2, 0.25) is 5.28 Å². The average molecular weight is 359 g/mol. The summed E-state index contributed by atoms with van der Waals surface area (Å²) in [6, 6.07) is 29.3.